The van der Waals surface area contributed by atoms with Crippen LogP contribution in [-0.2, 0) is 16.4 Å². The highest BCUT2D eigenvalue weighted by atomic mass is 35.5. The molecule has 1 aliphatic carbocycles. The molecular weight excluding hydrogens is 487 g/mol. The van der Waals surface area contributed by atoms with E-state index >= 15 is 0 Å². The first-order valence-corrected chi connectivity index (χ1v) is 12.1. The fraction of sp³-hybridized carbons (Fsp3) is 0.211. The van der Waals surface area contributed by atoms with E-state index in [1.807, 2.05) is 0 Å². The highest BCUT2D eigenvalue weighted by molar-refractivity contribution is 7.89. The Morgan fingerprint density at radius 3 is 2.42 bits per heavy atom. The molecule has 4 N–H and O–H groups in total. The predicted octanol–water partition coefficient (Wildman–Crippen LogP) is 3.98. The van der Waals surface area contributed by atoms with Gasteiger partial charge in [-0.25, -0.2) is 13.1 Å². The Hall–Kier alpha value is -2.24. The van der Waals surface area contributed by atoms with Crippen molar-refractivity contribution in [2.24, 2.45) is 0 Å². The number of H-pyrrole nitrogens is 1. The zero-order chi connectivity index (χ0) is 22.3. The molecule has 0 atom stereocenters. The van der Waals surface area contributed by atoms with Gasteiger partial charge in [-0.05, 0) is 42.7 Å². The molecule has 1 aliphatic rings. The lowest BCUT2D eigenvalue weighted by Gasteiger charge is -2.13. The Morgan fingerprint density at radius 2 is 1.84 bits per heavy atom. The molecule has 0 aliphatic heterocycles. The number of hydrogen-bond acceptors (Lipinski definition) is 7. The van der Waals surface area contributed by atoms with Crippen molar-refractivity contribution in [1.82, 2.24) is 9.71 Å². The molecule has 1 aromatic heterocycles. The Morgan fingerprint density at radius 1 is 1.16 bits per heavy atom. The van der Waals surface area contributed by atoms with Crippen molar-refractivity contribution in [1.29, 1.82) is 0 Å². The predicted molar refractivity (Wildman–Crippen MR) is 117 cm³/mol. The van der Waals surface area contributed by atoms with Gasteiger partial charge in [0.2, 0.25) is 15.9 Å². The monoisotopic (exact) mass is 502 g/mol. The van der Waals surface area contributed by atoms with Crippen LogP contribution >= 0.6 is 34.5 Å². The van der Waals surface area contributed by atoms with Crippen LogP contribution in [0.25, 0.3) is 0 Å². The molecule has 3 aromatic rings. The Kier molecular flexibility index (Phi) is 5.93. The number of ether oxygens (including phenoxy) is 1. The Balaban J connectivity index is 1.60. The van der Waals surface area contributed by atoms with Crippen LogP contribution in [0.15, 0.2) is 40.0 Å². The van der Waals surface area contributed by atoms with Gasteiger partial charge in [-0.2, -0.15) is 0 Å². The zero-order valence-electron chi connectivity index (χ0n) is 15.7. The zero-order valence-corrected chi connectivity index (χ0v) is 18.8. The maximum atomic E-state index is 12.5. The second-order valence-corrected chi connectivity index (χ2v) is 10.5. The lowest BCUT2D eigenvalue weighted by atomic mass is 10.1. The fourth-order valence-electron chi connectivity index (χ4n) is 2.84. The summed E-state index contributed by atoms with van der Waals surface area (Å²) >= 11 is 13.5. The molecule has 1 heterocycles. The van der Waals surface area contributed by atoms with Crippen molar-refractivity contribution < 1.29 is 23.4 Å². The summed E-state index contributed by atoms with van der Waals surface area (Å²) in [5.41, 5.74) is 0.635. The van der Waals surface area contributed by atoms with Gasteiger partial charge in [0.25, 0.3) is 0 Å². The molecule has 0 unspecified atom stereocenters. The van der Waals surface area contributed by atoms with Crippen molar-refractivity contribution >= 4 is 44.6 Å². The third-order valence-electron chi connectivity index (χ3n) is 4.46. The maximum Gasteiger partial charge on any atom is 0.307 e. The van der Waals surface area contributed by atoms with E-state index in [0.717, 1.165) is 24.2 Å². The second-order valence-electron chi connectivity index (χ2n) is 6.98. The molecular formula is C19H16Cl2N2O6S2. The number of nitrogens with one attached hydrogen (secondary N) is 2. The van der Waals surface area contributed by atoms with Gasteiger partial charge in [0.1, 0.15) is 16.4 Å². The molecule has 1 fully saturated rings. The summed E-state index contributed by atoms with van der Waals surface area (Å²) in [7, 11) is -3.90. The highest BCUT2D eigenvalue weighted by Gasteiger charge is 2.30. The van der Waals surface area contributed by atoms with Gasteiger partial charge in [-0.1, -0.05) is 34.5 Å². The van der Waals surface area contributed by atoms with Crippen LogP contribution in [0.1, 0.15) is 23.3 Å². The summed E-state index contributed by atoms with van der Waals surface area (Å²) in [5.74, 6) is -0.395. The van der Waals surface area contributed by atoms with Gasteiger partial charge in [0, 0.05) is 18.5 Å². The lowest BCUT2D eigenvalue weighted by molar-refractivity contribution is 0.447. The summed E-state index contributed by atoms with van der Waals surface area (Å²) in [5, 5.41) is 20.1. The van der Waals surface area contributed by atoms with Crippen LogP contribution < -0.4 is 14.3 Å². The number of phenols is 1. The van der Waals surface area contributed by atoms with Crippen LogP contribution in [0.2, 0.25) is 10.0 Å². The van der Waals surface area contributed by atoms with E-state index in [1.54, 1.807) is 12.1 Å². The van der Waals surface area contributed by atoms with E-state index in [9.17, 15) is 23.4 Å². The average Bonchev–Trinajstić information content (AvgIpc) is 3.42. The van der Waals surface area contributed by atoms with E-state index < -0.39 is 15.8 Å². The molecule has 1 saturated carbocycles. The first kappa shape index (κ1) is 22.0. The number of sulfonamides is 1. The van der Waals surface area contributed by atoms with E-state index in [-0.39, 0.29) is 49.7 Å². The molecule has 0 saturated heterocycles. The third kappa shape index (κ3) is 4.99. The normalized spacial score (nSPS) is 14.0. The molecule has 164 valence electrons. The van der Waals surface area contributed by atoms with E-state index in [2.05, 4.69) is 9.71 Å². The van der Waals surface area contributed by atoms with Gasteiger partial charge in [0.05, 0.1) is 14.9 Å². The number of rotatable bonds is 7. The van der Waals surface area contributed by atoms with Crippen molar-refractivity contribution in [2.75, 3.05) is 0 Å². The topological polar surface area (TPSA) is 129 Å². The van der Waals surface area contributed by atoms with Gasteiger partial charge in [-0.15, -0.1) is 0 Å². The number of hydrogen-bond donors (Lipinski definition) is 4. The van der Waals surface area contributed by atoms with Crippen molar-refractivity contribution in [3.63, 3.8) is 0 Å². The third-order valence-corrected chi connectivity index (χ3v) is 7.45. The standard InChI is InChI=1S/C19H16Cl2N2O6S2/c20-12-5-9(7-15-18(25)22-19(26)30-15)6-13(21)17(12)29-11-3-4-14(24)16(8-11)31(27,28)23-10-1-2-10/h3-6,8,10,23-25H,1-2,7H2,(H,22,26). The van der Waals surface area contributed by atoms with E-state index in [1.165, 1.54) is 18.2 Å². The first-order chi connectivity index (χ1) is 14.6. The largest absolute Gasteiger partial charge is 0.507 e. The van der Waals surface area contributed by atoms with Gasteiger partial charge in [-0.3, -0.25) is 9.78 Å². The number of aromatic hydroxyl groups is 2. The van der Waals surface area contributed by atoms with Gasteiger partial charge in [0.15, 0.2) is 5.75 Å². The van der Waals surface area contributed by atoms with Crippen LogP contribution in [-0.4, -0.2) is 29.7 Å². The number of phenolic OH excluding ortho intramolecular Hbond substituents is 1. The minimum Gasteiger partial charge on any atom is -0.507 e. The summed E-state index contributed by atoms with van der Waals surface area (Å²) < 4.78 is 33.1. The molecule has 12 heteroatoms. The molecule has 0 bridgehead atoms. The summed E-state index contributed by atoms with van der Waals surface area (Å²) in [4.78, 5) is 13.4. The minimum atomic E-state index is -3.90. The Bertz CT molecular complexity index is 1290. The molecule has 8 nitrogen and oxygen atoms in total. The highest BCUT2D eigenvalue weighted by Crippen LogP contribution is 2.40. The second kappa shape index (κ2) is 8.36. The number of aromatic nitrogens is 1. The SMILES string of the molecule is O=c1[nH]c(O)c(Cc2cc(Cl)c(Oc3ccc(O)c(S(=O)(=O)NC4CC4)c3)c(Cl)c2)s1. The van der Waals surface area contributed by atoms with Crippen molar-refractivity contribution in [3.05, 3.63) is 60.5 Å². The molecule has 2 aromatic carbocycles. The molecule has 0 spiro atoms. The van der Waals surface area contributed by atoms with Gasteiger partial charge < -0.3 is 14.9 Å². The number of thiazole rings is 1. The van der Waals surface area contributed by atoms with Crippen LogP contribution in [0.4, 0.5) is 0 Å². The van der Waals surface area contributed by atoms with Crippen LogP contribution in [0, 0.1) is 0 Å². The first-order valence-electron chi connectivity index (χ1n) is 9.04. The molecule has 0 radical (unpaired) electrons. The number of benzene rings is 2. The van der Waals surface area contributed by atoms with Crippen LogP contribution in [0.3, 0.4) is 0 Å². The van der Waals surface area contributed by atoms with E-state index in [4.69, 9.17) is 27.9 Å². The smallest absolute Gasteiger partial charge is 0.307 e. The average molecular weight is 503 g/mol. The lowest BCUT2D eigenvalue weighted by Crippen LogP contribution is -2.25. The quantitative estimate of drug-likeness (QED) is 0.386. The maximum absolute atomic E-state index is 12.5. The Labute approximate surface area is 191 Å². The molecule has 31 heavy (non-hydrogen) atoms. The van der Waals surface area contributed by atoms with E-state index in [0.29, 0.717) is 10.4 Å². The fourth-order valence-corrected chi connectivity index (χ4v) is 5.63. The number of aromatic amines is 1. The summed E-state index contributed by atoms with van der Waals surface area (Å²) in [6.07, 6.45) is 1.74. The summed E-state index contributed by atoms with van der Waals surface area (Å²) in [6.45, 7) is 0. The van der Waals surface area contributed by atoms with Crippen molar-refractivity contribution in [3.8, 4) is 23.1 Å². The van der Waals surface area contributed by atoms with Gasteiger partial charge >= 0.3 is 4.87 Å². The molecule has 0 amide bonds. The minimum absolute atomic E-state index is 0.0998. The number of halogens is 2. The summed E-state index contributed by atoms with van der Waals surface area (Å²) in [6, 6.07) is 6.81. The van der Waals surface area contributed by atoms with Crippen molar-refractivity contribution in [2.45, 2.75) is 30.2 Å². The van der Waals surface area contributed by atoms with Crippen LogP contribution in [0.5, 0.6) is 23.1 Å². The molecule has 4 rings (SSSR count).